The Morgan fingerprint density at radius 3 is 2.80 bits per heavy atom. The summed E-state index contributed by atoms with van der Waals surface area (Å²) in [6.07, 6.45) is 7.19. The van der Waals surface area contributed by atoms with Crippen molar-refractivity contribution in [2.24, 2.45) is 0 Å². The number of nitrogens with zero attached hydrogens (tertiary/aromatic N) is 4. The second-order valence-corrected chi connectivity index (χ2v) is 6.57. The van der Waals surface area contributed by atoms with Crippen LogP contribution in [0.25, 0.3) is 5.69 Å². The third-order valence-corrected chi connectivity index (χ3v) is 4.66. The van der Waals surface area contributed by atoms with Crippen LogP contribution in [0.2, 0.25) is 0 Å². The smallest absolute Gasteiger partial charge is 0.123 e. The number of halogens is 1. The van der Waals surface area contributed by atoms with Gasteiger partial charge in [-0.15, -0.1) is 0 Å². The van der Waals surface area contributed by atoms with Gasteiger partial charge in [-0.05, 0) is 61.6 Å². The van der Waals surface area contributed by atoms with E-state index < -0.39 is 0 Å². The van der Waals surface area contributed by atoms with Gasteiger partial charge in [0.25, 0.3) is 0 Å². The summed E-state index contributed by atoms with van der Waals surface area (Å²) in [5, 5.41) is 12.6. The Balaban J connectivity index is 1.45. The number of aromatic nitrogens is 4. The summed E-state index contributed by atoms with van der Waals surface area (Å²) >= 11 is 0. The van der Waals surface area contributed by atoms with Crippen molar-refractivity contribution in [1.82, 2.24) is 24.9 Å². The normalized spacial score (nSPS) is 13.4. The molecular weight excluding hydrogens is 317 g/mol. The topological polar surface area (TPSA) is 47.7 Å². The van der Waals surface area contributed by atoms with Gasteiger partial charge in [0.15, 0.2) is 0 Å². The van der Waals surface area contributed by atoms with Crippen LogP contribution in [-0.4, -0.2) is 26.1 Å². The van der Waals surface area contributed by atoms with Gasteiger partial charge < -0.3 is 5.32 Å². The van der Waals surface area contributed by atoms with Crippen LogP contribution in [0.3, 0.4) is 0 Å². The molecule has 1 aliphatic carbocycles. The zero-order chi connectivity index (χ0) is 17.2. The highest BCUT2D eigenvalue weighted by Gasteiger charge is 2.22. The maximum atomic E-state index is 13.2. The first-order chi connectivity index (χ1) is 12.2. The minimum absolute atomic E-state index is 0.219. The van der Waals surface area contributed by atoms with Crippen molar-refractivity contribution in [1.29, 1.82) is 0 Å². The van der Waals surface area contributed by atoms with Crippen LogP contribution >= 0.6 is 0 Å². The first-order valence-electron chi connectivity index (χ1n) is 8.76. The summed E-state index contributed by atoms with van der Waals surface area (Å²) in [4.78, 5) is 0. The van der Waals surface area contributed by atoms with Crippen molar-refractivity contribution in [3.8, 4) is 5.69 Å². The molecule has 1 aromatic carbocycles. The fourth-order valence-corrected chi connectivity index (χ4v) is 3.44. The molecule has 0 bridgehead atoms. The van der Waals surface area contributed by atoms with E-state index in [2.05, 4.69) is 10.4 Å². The van der Waals surface area contributed by atoms with Gasteiger partial charge in [0.1, 0.15) is 5.82 Å². The van der Waals surface area contributed by atoms with Crippen LogP contribution in [0.15, 0.2) is 36.7 Å². The molecule has 2 aromatic heterocycles. The molecule has 0 spiro atoms. The molecule has 6 heteroatoms. The molecule has 1 N–H and O–H groups in total. The first kappa shape index (κ1) is 16.0. The van der Waals surface area contributed by atoms with Gasteiger partial charge in [0, 0.05) is 25.0 Å². The van der Waals surface area contributed by atoms with E-state index >= 15 is 0 Å². The molecule has 1 aliphatic rings. The van der Waals surface area contributed by atoms with E-state index in [-0.39, 0.29) is 5.82 Å². The summed E-state index contributed by atoms with van der Waals surface area (Å²) in [5.41, 5.74) is 5.83. The van der Waals surface area contributed by atoms with Crippen molar-refractivity contribution in [2.75, 3.05) is 6.54 Å². The molecule has 5 nitrogen and oxygen atoms in total. The highest BCUT2D eigenvalue weighted by atomic mass is 19.1. The Bertz CT molecular complexity index is 863. The number of rotatable bonds is 6. The first-order valence-corrected chi connectivity index (χ1v) is 8.76. The minimum atomic E-state index is -0.219. The number of nitrogens with one attached hydrogen (secondary N) is 1. The van der Waals surface area contributed by atoms with E-state index in [1.54, 1.807) is 12.1 Å². The predicted molar refractivity (Wildman–Crippen MR) is 94.2 cm³/mol. The second-order valence-electron chi connectivity index (χ2n) is 6.57. The van der Waals surface area contributed by atoms with E-state index in [0.29, 0.717) is 0 Å². The Labute approximate surface area is 146 Å². The average molecular weight is 339 g/mol. The monoisotopic (exact) mass is 339 g/mol. The molecule has 25 heavy (non-hydrogen) atoms. The Morgan fingerprint density at radius 1 is 1.20 bits per heavy atom. The van der Waals surface area contributed by atoms with Crippen molar-refractivity contribution < 1.29 is 4.39 Å². The van der Waals surface area contributed by atoms with Crippen molar-refractivity contribution in [3.05, 3.63) is 65.0 Å². The quantitative estimate of drug-likeness (QED) is 0.703. The van der Waals surface area contributed by atoms with Crippen LogP contribution in [0.4, 0.5) is 4.39 Å². The van der Waals surface area contributed by atoms with E-state index in [1.807, 2.05) is 28.7 Å². The molecular formula is C19H22FN5. The molecule has 0 amide bonds. The van der Waals surface area contributed by atoms with E-state index in [0.717, 1.165) is 50.3 Å². The molecule has 0 fully saturated rings. The zero-order valence-corrected chi connectivity index (χ0v) is 14.4. The summed E-state index contributed by atoms with van der Waals surface area (Å²) < 4.78 is 17.1. The Hall–Kier alpha value is -2.47. The van der Waals surface area contributed by atoms with Gasteiger partial charge in [-0.3, -0.25) is 4.68 Å². The molecule has 0 radical (unpaired) electrons. The highest BCUT2D eigenvalue weighted by Crippen LogP contribution is 2.27. The third-order valence-electron chi connectivity index (χ3n) is 4.66. The highest BCUT2D eigenvalue weighted by molar-refractivity contribution is 5.40. The molecule has 0 saturated carbocycles. The van der Waals surface area contributed by atoms with Gasteiger partial charge in [-0.2, -0.15) is 10.2 Å². The summed E-state index contributed by atoms with van der Waals surface area (Å²) in [7, 11) is 0. The Morgan fingerprint density at radius 2 is 2.04 bits per heavy atom. The molecule has 0 unspecified atom stereocenters. The average Bonchev–Trinajstić information content (AvgIpc) is 3.30. The molecule has 2 heterocycles. The van der Waals surface area contributed by atoms with Gasteiger partial charge in [0.05, 0.1) is 24.1 Å². The zero-order valence-electron chi connectivity index (χ0n) is 14.4. The maximum Gasteiger partial charge on any atom is 0.123 e. The number of hydrogen-bond acceptors (Lipinski definition) is 3. The number of fused-ring (bicyclic) bond motifs is 1. The lowest BCUT2D eigenvalue weighted by Crippen LogP contribution is -2.20. The van der Waals surface area contributed by atoms with Crippen molar-refractivity contribution in [3.63, 3.8) is 0 Å². The number of benzene rings is 1. The summed E-state index contributed by atoms with van der Waals surface area (Å²) in [6.45, 7) is 4.48. The molecule has 0 atom stereocenters. The lowest BCUT2D eigenvalue weighted by molar-refractivity contribution is 0.548. The molecule has 0 aliphatic heterocycles. The summed E-state index contributed by atoms with van der Waals surface area (Å²) in [6, 6.07) is 6.56. The van der Waals surface area contributed by atoms with E-state index in [4.69, 9.17) is 5.10 Å². The minimum Gasteiger partial charge on any atom is -0.309 e. The lowest BCUT2D eigenvalue weighted by atomic mass is 10.2. The van der Waals surface area contributed by atoms with Crippen molar-refractivity contribution >= 4 is 0 Å². The number of aryl methyl sites for hydroxylation is 1. The largest absolute Gasteiger partial charge is 0.309 e. The Kier molecular flexibility index (Phi) is 4.36. The molecule has 130 valence electrons. The maximum absolute atomic E-state index is 13.2. The van der Waals surface area contributed by atoms with E-state index in [9.17, 15) is 4.39 Å². The van der Waals surface area contributed by atoms with Crippen molar-refractivity contribution in [2.45, 2.75) is 39.3 Å². The van der Waals surface area contributed by atoms with Crippen LogP contribution in [0.1, 0.15) is 28.9 Å². The fraction of sp³-hybridized carbons (Fsp3) is 0.368. The van der Waals surface area contributed by atoms with Gasteiger partial charge in [-0.25, -0.2) is 9.07 Å². The SMILES string of the molecule is Cc1cnn(CCNCc2nn(-c3ccc(F)cc3)c3c2CCC3)c1. The van der Waals surface area contributed by atoms with Gasteiger partial charge in [0.2, 0.25) is 0 Å². The molecule has 3 aromatic rings. The van der Waals surface area contributed by atoms with Crippen LogP contribution in [0.5, 0.6) is 0 Å². The van der Waals surface area contributed by atoms with E-state index in [1.165, 1.54) is 29.0 Å². The predicted octanol–water partition coefficient (Wildman–Crippen LogP) is 2.79. The standard InChI is InChI=1S/C19H22FN5/c1-14-11-22-24(13-14)10-9-21-12-18-17-3-2-4-19(17)25(23-18)16-7-5-15(20)6-8-16/h5-8,11,13,21H,2-4,9-10,12H2,1H3. The second kappa shape index (κ2) is 6.80. The van der Waals surface area contributed by atoms with Crippen LogP contribution < -0.4 is 5.32 Å². The van der Waals surface area contributed by atoms with Gasteiger partial charge >= 0.3 is 0 Å². The number of hydrogen-bond donors (Lipinski definition) is 1. The van der Waals surface area contributed by atoms with Gasteiger partial charge in [-0.1, -0.05) is 0 Å². The fourth-order valence-electron chi connectivity index (χ4n) is 3.44. The lowest BCUT2D eigenvalue weighted by Gasteiger charge is -2.06. The van der Waals surface area contributed by atoms with Crippen LogP contribution in [-0.2, 0) is 25.9 Å². The van der Waals surface area contributed by atoms with Crippen LogP contribution in [0, 0.1) is 12.7 Å². The molecule has 0 saturated heterocycles. The summed E-state index contributed by atoms with van der Waals surface area (Å²) in [5.74, 6) is -0.219. The molecule has 4 rings (SSSR count). The third kappa shape index (κ3) is 3.35.